The Balaban J connectivity index is 1.63. The minimum Gasteiger partial charge on any atom is -0.369 e. The summed E-state index contributed by atoms with van der Waals surface area (Å²) in [5.74, 6) is -0.0323. The molecule has 1 heterocycles. The number of aromatic nitrogens is 2. The van der Waals surface area contributed by atoms with Crippen molar-refractivity contribution in [2.24, 2.45) is 5.73 Å². The number of aromatic amines is 1. The Morgan fingerprint density at radius 1 is 1.17 bits per heavy atom. The highest BCUT2D eigenvalue weighted by Gasteiger charge is 2.26. The van der Waals surface area contributed by atoms with E-state index in [1.807, 2.05) is 24.3 Å². The summed E-state index contributed by atoms with van der Waals surface area (Å²) >= 11 is 0. The van der Waals surface area contributed by atoms with Crippen LogP contribution in [0.3, 0.4) is 0 Å². The van der Waals surface area contributed by atoms with Gasteiger partial charge in [-0.15, -0.1) is 0 Å². The Morgan fingerprint density at radius 3 is 2.70 bits per heavy atom. The first-order valence-electron chi connectivity index (χ1n) is 8.03. The zero-order valence-corrected chi connectivity index (χ0v) is 12.8. The lowest BCUT2D eigenvalue weighted by Gasteiger charge is -2.13. The van der Waals surface area contributed by atoms with Crippen LogP contribution in [0.2, 0.25) is 0 Å². The van der Waals surface area contributed by atoms with Gasteiger partial charge in [0.2, 0.25) is 5.91 Å². The Morgan fingerprint density at radius 2 is 1.96 bits per heavy atom. The summed E-state index contributed by atoms with van der Waals surface area (Å²) in [7, 11) is 0. The van der Waals surface area contributed by atoms with Crippen LogP contribution in [-0.4, -0.2) is 16.1 Å². The van der Waals surface area contributed by atoms with Crippen LogP contribution in [0.25, 0.3) is 10.8 Å². The van der Waals surface area contributed by atoms with Crippen molar-refractivity contribution in [3.63, 3.8) is 0 Å². The fraction of sp³-hybridized carbons (Fsp3) is 0.263. The number of benzene rings is 2. The maximum absolute atomic E-state index is 12.0. The molecule has 2 aromatic carbocycles. The molecule has 1 saturated carbocycles. The number of carbonyl (C=O) groups is 1. The van der Waals surface area contributed by atoms with Crippen LogP contribution < -0.4 is 5.73 Å². The van der Waals surface area contributed by atoms with Crippen LogP contribution in [-0.2, 0) is 11.2 Å². The summed E-state index contributed by atoms with van der Waals surface area (Å²) in [6.07, 6.45) is 2.99. The van der Waals surface area contributed by atoms with E-state index in [2.05, 4.69) is 34.5 Å². The van der Waals surface area contributed by atoms with Gasteiger partial charge in [-0.1, -0.05) is 42.5 Å². The predicted molar refractivity (Wildman–Crippen MR) is 90.2 cm³/mol. The predicted octanol–water partition coefficient (Wildman–Crippen LogP) is 3.25. The lowest BCUT2D eigenvalue weighted by Crippen LogP contribution is -2.23. The highest BCUT2D eigenvalue weighted by Crippen LogP contribution is 2.39. The Labute approximate surface area is 134 Å². The molecule has 0 aliphatic heterocycles. The van der Waals surface area contributed by atoms with Crippen molar-refractivity contribution in [1.82, 2.24) is 10.2 Å². The van der Waals surface area contributed by atoms with Gasteiger partial charge in [0.1, 0.15) is 0 Å². The van der Waals surface area contributed by atoms with E-state index in [1.165, 1.54) is 18.5 Å². The molecular weight excluding hydrogens is 286 g/mol. The molecule has 0 bridgehead atoms. The molecule has 0 unspecified atom stereocenters. The SMILES string of the molecule is NC(=O)[C@@H](Cc1cc(C2CC2)[nH]n1)c1ccc2ccccc2c1. The lowest BCUT2D eigenvalue weighted by molar-refractivity contribution is -0.119. The summed E-state index contributed by atoms with van der Waals surface area (Å²) < 4.78 is 0. The summed E-state index contributed by atoms with van der Waals surface area (Å²) in [6, 6.07) is 16.3. The fourth-order valence-corrected chi connectivity index (χ4v) is 3.10. The third kappa shape index (κ3) is 2.84. The van der Waals surface area contributed by atoms with E-state index in [1.54, 1.807) is 0 Å². The van der Waals surface area contributed by atoms with E-state index in [-0.39, 0.29) is 11.8 Å². The largest absolute Gasteiger partial charge is 0.369 e. The van der Waals surface area contributed by atoms with Gasteiger partial charge >= 0.3 is 0 Å². The maximum Gasteiger partial charge on any atom is 0.225 e. The zero-order chi connectivity index (χ0) is 15.8. The van der Waals surface area contributed by atoms with Gasteiger partial charge in [-0.25, -0.2) is 0 Å². The molecule has 0 spiro atoms. The van der Waals surface area contributed by atoms with Gasteiger partial charge in [-0.2, -0.15) is 5.10 Å². The number of carbonyl (C=O) groups excluding carboxylic acids is 1. The molecule has 0 radical (unpaired) electrons. The quantitative estimate of drug-likeness (QED) is 0.759. The van der Waals surface area contributed by atoms with Gasteiger partial charge in [0.05, 0.1) is 11.6 Å². The zero-order valence-electron chi connectivity index (χ0n) is 12.8. The second-order valence-electron chi connectivity index (χ2n) is 6.35. The number of hydrogen-bond donors (Lipinski definition) is 2. The number of primary amides is 1. The third-order valence-corrected chi connectivity index (χ3v) is 4.60. The van der Waals surface area contributed by atoms with Crippen molar-refractivity contribution in [3.05, 3.63) is 65.5 Å². The van der Waals surface area contributed by atoms with E-state index in [4.69, 9.17) is 5.73 Å². The molecule has 1 fully saturated rings. The van der Waals surface area contributed by atoms with E-state index in [0.717, 1.165) is 22.0 Å². The van der Waals surface area contributed by atoms with E-state index in [0.29, 0.717) is 12.3 Å². The summed E-state index contributed by atoms with van der Waals surface area (Å²) in [6.45, 7) is 0. The molecular formula is C19H19N3O. The number of amides is 1. The number of hydrogen-bond acceptors (Lipinski definition) is 2. The first kappa shape index (κ1) is 14.0. The van der Waals surface area contributed by atoms with Crippen molar-refractivity contribution in [2.45, 2.75) is 31.1 Å². The van der Waals surface area contributed by atoms with Crippen LogP contribution in [0.4, 0.5) is 0 Å². The molecule has 1 aromatic heterocycles. The van der Waals surface area contributed by atoms with Gasteiger partial charge < -0.3 is 5.73 Å². The molecule has 0 saturated heterocycles. The summed E-state index contributed by atoms with van der Waals surface area (Å²) in [5.41, 5.74) is 8.70. The third-order valence-electron chi connectivity index (χ3n) is 4.60. The van der Waals surface area contributed by atoms with Crippen LogP contribution in [0.5, 0.6) is 0 Å². The first-order valence-corrected chi connectivity index (χ1v) is 8.03. The molecule has 1 aliphatic rings. The normalized spacial score (nSPS) is 15.7. The van der Waals surface area contributed by atoms with Crippen molar-refractivity contribution < 1.29 is 4.79 Å². The first-order chi connectivity index (χ1) is 11.2. The average molecular weight is 305 g/mol. The number of fused-ring (bicyclic) bond motifs is 1. The van der Waals surface area contributed by atoms with E-state index < -0.39 is 0 Å². The van der Waals surface area contributed by atoms with E-state index >= 15 is 0 Å². The van der Waals surface area contributed by atoms with Gasteiger partial charge in [0.25, 0.3) is 0 Å². The highest BCUT2D eigenvalue weighted by molar-refractivity contribution is 5.87. The van der Waals surface area contributed by atoms with Crippen LogP contribution in [0, 0.1) is 0 Å². The molecule has 116 valence electrons. The van der Waals surface area contributed by atoms with Crippen LogP contribution in [0.1, 0.15) is 41.6 Å². The molecule has 1 atom stereocenters. The fourth-order valence-electron chi connectivity index (χ4n) is 3.10. The second kappa shape index (κ2) is 5.54. The van der Waals surface area contributed by atoms with Crippen molar-refractivity contribution in [1.29, 1.82) is 0 Å². The smallest absolute Gasteiger partial charge is 0.225 e. The maximum atomic E-state index is 12.0. The van der Waals surface area contributed by atoms with Gasteiger partial charge in [0, 0.05) is 18.0 Å². The highest BCUT2D eigenvalue weighted by atomic mass is 16.1. The topological polar surface area (TPSA) is 71.8 Å². The number of nitrogens with one attached hydrogen (secondary N) is 1. The lowest BCUT2D eigenvalue weighted by atomic mass is 9.91. The standard InChI is InChI=1S/C19H19N3O/c20-19(23)17(10-16-11-18(22-21-16)13-6-7-13)15-8-5-12-3-1-2-4-14(12)9-15/h1-5,8-9,11,13,17H,6-7,10H2,(H2,20,23)(H,21,22)/t17-/m0/s1. The average Bonchev–Trinajstić information content (AvgIpc) is 3.31. The monoisotopic (exact) mass is 305 g/mol. The van der Waals surface area contributed by atoms with Crippen molar-refractivity contribution >= 4 is 16.7 Å². The molecule has 3 N–H and O–H groups in total. The Hall–Kier alpha value is -2.62. The van der Waals surface area contributed by atoms with Crippen molar-refractivity contribution in [3.8, 4) is 0 Å². The number of rotatable bonds is 5. The molecule has 4 rings (SSSR count). The number of H-pyrrole nitrogens is 1. The van der Waals surface area contributed by atoms with Crippen molar-refractivity contribution in [2.75, 3.05) is 0 Å². The molecule has 23 heavy (non-hydrogen) atoms. The van der Waals surface area contributed by atoms with Crippen LogP contribution in [0.15, 0.2) is 48.5 Å². The Kier molecular flexibility index (Phi) is 3.37. The minimum absolute atomic E-state index is 0.309. The van der Waals surface area contributed by atoms with E-state index in [9.17, 15) is 4.79 Å². The van der Waals surface area contributed by atoms with Gasteiger partial charge in [0.15, 0.2) is 0 Å². The van der Waals surface area contributed by atoms with Crippen LogP contribution >= 0.6 is 0 Å². The molecule has 1 aliphatic carbocycles. The van der Waals surface area contributed by atoms with Gasteiger partial charge in [-0.05, 0) is 35.2 Å². The molecule has 4 heteroatoms. The summed E-state index contributed by atoms with van der Waals surface area (Å²) in [4.78, 5) is 12.0. The Bertz CT molecular complexity index is 864. The number of nitrogens with two attached hydrogens (primary N) is 1. The number of nitrogens with zero attached hydrogens (tertiary/aromatic N) is 1. The molecule has 4 nitrogen and oxygen atoms in total. The molecule has 3 aromatic rings. The summed E-state index contributed by atoms with van der Waals surface area (Å²) in [5, 5.41) is 9.73. The second-order valence-corrected chi connectivity index (χ2v) is 6.35. The minimum atomic E-state index is -0.352. The molecule has 1 amide bonds. The van der Waals surface area contributed by atoms with Gasteiger partial charge in [-0.3, -0.25) is 9.89 Å².